The summed E-state index contributed by atoms with van der Waals surface area (Å²) in [5.74, 6) is 0. The van der Waals surface area contributed by atoms with E-state index in [0.717, 1.165) is 0 Å². The molecule has 0 aromatic heterocycles. The summed E-state index contributed by atoms with van der Waals surface area (Å²) in [6.45, 7) is 3.50. The topological polar surface area (TPSA) is 137 Å². The number of hydrogen-bond acceptors (Lipinski definition) is 3. The van der Waals surface area contributed by atoms with Crippen molar-refractivity contribution >= 4 is 7.82 Å². The first kappa shape index (κ1) is 15.6. The van der Waals surface area contributed by atoms with Crippen molar-refractivity contribution in [1.29, 1.82) is 5.26 Å². The average molecular weight is 142 g/mol. The summed E-state index contributed by atoms with van der Waals surface area (Å²) in [4.78, 5) is 21.6. The Labute approximate surface area is 46.2 Å². The molecule has 0 aromatic rings. The molecule has 0 heterocycles. The van der Waals surface area contributed by atoms with E-state index < -0.39 is 7.82 Å². The van der Waals surface area contributed by atoms with Crippen molar-refractivity contribution in [3.05, 3.63) is 0 Å². The van der Waals surface area contributed by atoms with Crippen molar-refractivity contribution in [2.45, 2.75) is 0 Å². The highest BCUT2D eigenvalue weighted by Crippen LogP contribution is 2.25. The van der Waals surface area contributed by atoms with E-state index in [1.807, 2.05) is 0 Å². The molecule has 0 aromatic carbocycles. The van der Waals surface area contributed by atoms with E-state index in [1.54, 1.807) is 0 Å². The van der Waals surface area contributed by atoms with Gasteiger partial charge >= 0.3 is 7.82 Å². The first-order valence-corrected chi connectivity index (χ1v) is 2.61. The molecule has 0 fully saturated rings. The fourth-order valence-corrected chi connectivity index (χ4v) is 0. The van der Waals surface area contributed by atoms with Gasteiger partial charge in [-0.05, 0) is 0 Å². The fourth-order valence-electron chi connectivity index (χ4n) is 0. The van der Waals surface area contributed by atoms with Crippen LogP contribution >= 0.6 is 7.82 Å². The van der Waals surface area contributed by atoms with Gasteiger partial charge in [0.25, 0.3) is 0 Å². The molecule has 0 atom stereocenters. The van der Waals surface area contributed by atoms with Crippen molar-refractivity contribution < 1.29 is 19.2 Å². The molecule has 6 N–H and O–H groups in total. The Bertz CT molecular complexity index is 85.2. The van der Waals surface area contributed by atoms with Crippen LogP contribution in [0.2, 0.25) is 0 Å². The Balaban J connectivity index is -0.0000000750. The van der Waals surface area contributed by atoms with Crippen LogP contribution in [0.25, 0.3) is 0 Å². The van der Waals surface area contributed by atoms with Crippen LogP contribution in [0.1, 0.15) is 0 Å². The summed E-state index contributed by atoms with van der Waals surface area (Å²) in [7, 11) is -4.64. The number of rotatable bonds is 0. The minimum Gasteiger partial charge on any atom is -0.344 e. The number of hydrogen-bond donors (Lipinski definition) is 4. The van der Waals surface area contributed by atoms with Crippen LogP contribution in [-0.2, 0) is 4.57 Å². The molecule has 8 heavy (non-hydrogen) atoms. The number of nitriles is 1. The lowest BCUT2D eigenvalue weighted by Crippen LogP contribution is -1.66. The normalized spacial score (nSPS) is 7.62. The van der Waals surface area contributed by atoms with Gasteiger partial charge < -0.3 is 20.8 Å². The summed E-state index contributed by atoms with van der Waals surface area (Å²) in [6.07, 6.45) is 0. The first-order valence-electron chi connectivity index (χ1n) is 1.04. The minimum absolute atomic E-state index is 0. The fraction of sp³-hybridized carbons (Fsp3) is 0. The zero-order chi connectivity index (χ0) is 6.50. The Kier molecular flexibility index (Phi) is 12.8. The van der Waals surface area contributed by atoms with Gasteiger partial charge in [-0.15, -0.1) is 0 Å². The van der Waals surface area contributed by atoms with Gasteiger partial charge in [0.2, 0.25) is 0 Å². The molecule has 50 valence electrons. The summed E-state index contributed by atoms with van der Waals surface area (Å²) < 4.78 is 8.88. The molecule has 0 unspecified atom stereocenters. The van der Waals surface area contributed by atoms with E-state index in [0.29, 0.717) is 0 Å². The second-order valence-corrected chi connectivity index (χ2v) is 1.54. The maximum absolute atomic E-state index is 8.88. The molecule has 7 heteroatoms. The van der Waals surface area contributed by atoms with Gasteiger partial charge in [0.1, 0.15) is 0 Å². The minimum atomic E-state index is -4.64. The second-order valence-electron chi connectivity index (χ2n) is 0.513. The van der Waals surface area contributed by atoms with Gasteiger partial charge in [-0.1, -0.05) is 0 Å². The third-order valence-electron chi connectivity index (χ3n) is 0. The summed E-state index contributed by atoms with van der Waals surface area (Å²) in [5, 5.41) is 6.50. The van der Waals surface area contributed by atoms with E-state index in [4.69, 9.17) is 24.5 Å². The van der Waals surface area contributed by atoms with Crippen LogP contribution in [0.3, 0.4) is 0 Å². The van der Waals surface area contributed by atoms with Gasteiger partial charge in [0.15, 0.2) is 0 Å². The van der Waals surface area contributed by atoms with Crippen molar-refractivity contribution in [1.82, 2.24) is 6.15 Å². The molecule has 0 rings (SSSR count). The van der Waals surface area contributed by atoms with E-state index >= 15 is 0 Å². The highest BCUT2D eigenvalue weighted by Gasteiger charge is 2.00. The van der Waals surface area contributed by atoms with Crippen LogP contribution in [0.5, 0.6) is 0 Å². The van der Waals surface area contributed by atoms with Crippen molar-refractivity contribution in [2.75, 3.05) is 0 Å². The molecule has 0 spiro atoms. The van der Waals surface area contributed by atoms with E-state index in [-0.39, 0.29) is 6.15 Å². The number of phosphoric acid groups is 1. The van der Waals surface area contributed by atoms with Crippen molar-refractivity contribution in [2.24, 2.45) is 0 Å². The lowest BCUT2D eigenvalue weighted by molar-refractivity contribution is 0.275. The Hall–Kier alpha value is -0.440. The molecular formula is CH7N2O4P. The van der Waals surface area contributed by atoms with Gasteiger partial charge in [-0.3, -0.25) is 0 Å². The zero-order valence-electron chi connectivity index (χ0n) is 3.93. The lowest BCUT2D eigenvalue weighted by Gasteiger charge is -1.82. The monoisotopic (exact) mass is 142 g/mol. The maximum atomic E-state index is 8.88. The van der Waals surface area contributed by atoms with E-state index in [9.17, 15) is 0 Å². The molecule has 0 aliphatic heterocycles. The second kappa shape index (κ2) is 6.56. The van der Waals surface area contributed by atoms with Crippen molar-refractivity contribution in [3.8, 4) is 6.57 Å². The Morgan fingerprint density at radius 2 is 1.25 bits per heavy atom. The molecule has 0 radical (unpaired) electrons. The zero-order valence-corrected chi connectivity index (χ0v) is 4.82. The predicted octanol–water partition coefficient (Wildman–Crippen LogP) is -0.627. The Morgan fingerprint density at radius 1 is 1.25 bits per heavy atom. The van der Waals surface area contributed by atoms with Crippen LogP contribution in [0, 0.1) is 11.8 Å². The predicted molar refractivity (Wildman–Crippen MR) is 26.0 cm³/mol. The van der Waals surface area contributed by atoms with Gasteiger partial charge in [-0.2, -0.15) is 0 Å². The highest BCUT2D eigenvalue weighted by atomic mass is 31.2. The molecule has 0 amide bonds. The summed E-state index contributed by atoms with van der Waals surface area (Å²) in [6, 6.07) is 0. The van der Waals surface area contributed by atoms with Crippen LogP contribution in [0.4, 0.5) is 0 Å². The standard InChI is InChI=1S/CHN.H3N.H3O4P/c1-2;;1-5(2,3)4/h1H;1H3;(H3,1,2,3,4). The summed E-state index contributed by atoms with van der Waals surface area (Å²) >= 11 is 0. The lowest BCUT2D eigenvalue weighted by atomic mass is 11.9. The first-order chi connectivity index (χ1) is 3.00. The highest BCUT2D eigenvalue weighted by molar-refractivity contribution is 7.45. The molecular weight excluding hydrogens is 135 g/mol. The third-order valence-corrected chi connectivity index (χ3v) is 0. The van der Waals surface area contributed by atoms with Gasteiger partial charge in [0, 0.05) is 6.57 Å². The maximum Gasteiger partial charge on any atom is 0.466 e. The largest absolute Gasteiger partial charge is 0.466 e. The molecule has 0 saturated carbocycles. The number of nitrogens with zero attached hydrogens (tertiary/aromatic N) is 1. The van der Waals surface area contributed by atoms with Crippen LogP contribution in [0.15, 0.2) is 0 Å². The molecule has 0 aliphatic carbocycles. The Morgan fingerprint density at radius 3 is 1.25 bits per heavy atom. The van der Waals surface area contributed by atoms with E-state index in [1.165, 1.54) is 0 Å². The van der Waals surface area contributed by atoms with Crippen molar-refractivity contribution in [3.63, 3.8) is 0 Å². The third kappa shape index (κ3) is 597. The van der Waals surface area contributed by atoms with Crippen LogP contribution < -0.4 is 6.15 Å². The van der Waals surface area contributed by atoms with E-state index in [2.05, 4.69) is 6.57 Å². The summed E-state index contributed by atoms with van der Waals surface area (Å²) in [5.41, 5.74) is 0. The van der Waals surface area contributed by atoms with Gasteiger partial charge in [0.05, 0.1) is 0 Å². The van der Waals surface area contributed by atoms with Gasteiger partial charge in [-0.25, -0.2) is 9.83 Å². The molecule has 6 nitrogen and oxygen atoms in total. The SMILES string of the molecule is C#N.N.O=P(O)(O)O. The quantitative estimate of drug-likeness (QED) is 0.332. The smallest absolute Gasteiger partial charge is 0.344 e. The molecule has 0 bridgehead atoms. The molecule has 0 aliphatic rings. The average Bonchev–Trinajstić information content (AvgIpc) is 1.36. The van der Waals surface area contributed by atoms with Crippen LogP contribution in [-0.4, -0.2) is 14.7 Å². The molecule has 0 saturated heterocycles.